The number of hydrogen-bond acceptors (Lipinski definition) is 6. The summed E-state index contributed by atoms with van der Waals surface area (Å²) >= 11 is 5.11. The number of carbonyl (C=O) groups excluding carboxylic acids is 2. The molecule has 24 heavy (non-hydrogen) atoms. The molecular formula is C14H26N4O5S. The Morgan fingerprint density at radius 1 is 1.29 bits per heavy atom. The van der Waals surface area contributed by atoms with Crippen LogP contribution in [0.5, 0.6) is 0 Å². The van der Waals surface area contributed by atoms with E-state index < -0.39 is 42.2 Å². The fourth-order valence-electron chi connectivity index (χ4n) is 2.47. The number of primary amides is 1. The zero-order valence-corrected chi connectivity index (χ0v) is 14.6. The Labute approximate surface area is 146 Å². The van der Waals surface area contributed by atoms with Crippen molar-refractivity contribution in [1.82, 2.24) is 16.0 Å². The van der Waals surface area contributed by atoms with E-state index in [1.165, 1.54) is 0 Å². The van der Waals surface area contributed by atoms with Crippen LogP contribution >= 0.6 is 12.2 Å². The molecule has 0 aromatic heterocycles. The van der Waals surface area contributed by atoms with Crippen molar-refractivity contribution in [3.8, 4) is 0 Å². The molecule has 1 fully saturated rings. The van der Waals surface area contributed by atoms with Crippen LogP contribution in [-0.2, 0) is 9.59 Å². The van der Waals surface area contributed by atoms with Gasteiger partial charge in [0.2, 0.25) is 5.91 Å². The van der Waals surface area contributed by atoms with E-state index in [0.29, 0.717) is 12.5 Å². The zero-order valence-electron chi connectivity index (χ0n) is 13.8. The van der Waals surface area contributed by atoms with Gasteiger partial charge in [0, 0.05) is 19.4 Å². The number of hydrogen-bond donors (Lipinski definition) is 7. The van der Waals surface area contributed by atoms with Crippen LogP contribution in [-0.4, -0.2) is 69.2 Å². The summed E-state index contributed by atoms with van der Waals surface area (Å²) in [6.45, 7) is 4.18. The number of nitrogens with two attached hydrogens (primary N) is 1. The summed E-state index contributed by atoms with van der Waals surface area (Å²) in [5.41, 5.74) is 3.01. The predicted molar refractivity (Wildman–Crippen MR) is 90.8 cm³/mol. The molecule has 138 valence electrons. The molecular weight excluding hydrogens is 336 g/mol. The molecule has 10 heteroatoms. The van der Waals surface area contributed by atoms with Crippen molar-refractivity contribution < 1.29 is 24.9 Å². The van der Waals surface area contributed by atoms with E-state index in [0.717, 1.165) is 0 Å². The first-order valence-electron chi connectivity index (χ1n) is 7.74. The third kappa shape index (κ3) is 5.86. The van der Waals surface area contributed by atoms with Crippen molar-refractivity contribution in [2.75, 3.05) is 13.1 Å². The second-order valence-corrected chi connectivity index (χ2v) is 6.91. The monoisotopic (exact) mass is 362 g/mol. The number of carbonyl (C=O) groups is 2. The number of amides is 2. The largest absolute Gasteiger partial charge is 0.390 e. The Balaban J connectivity index is 2.73. The third-order valence-corrected chi connectivity index (χ3v) is 4.01. The van der Waals surface area contributed by atoms with Gasteiger partial charge in [-0.15, -0.1) is 0 Å². The molecule has 0 unspecified atom stereocenters. The van der Waals surface area contributed by atoms with E-state index in [1.54, 1.807) is 0 Å². The Kier molecular flexibility index (Phi) is 7.33. The van der Waals surface area contributed by atoms with E-state index in [1.807, 2.05) is 13.8 Å². The van der Waals surface area contributed by atoms with Crippen LogP contribution in [0.3, 0.4) is 0 Å². The Morgan fingerprint density at radius 2 is 1.92 bits per heavy atom. The lowest BCUT2D eigenvalue weighted by Crippen LogP contribution is -2.64. The topological polar surface area (TPSA) is 157 Å². The minimum Gasteiger partial charge on any atom is -0.390 e. The van der Waals surface area contributed by atoms with Gasteiger partial charge >= 0.3 is 0 Å². The van der Waals surface area contributed by atoms with E-state index in [4.69, 9.17) is 18.0 Å². The predicted octanol–water partition coefficient (Wildman–Crippen LogP) is -2.68. The maximum Gasteiger partial charge on any atom is 0.252 e. The van der Waals surface area contributed by atoms with Gasteiger partial charge in [-0.25, -0.2) is 0 Å². The smallest absolute Gasteiger partial charge is 0.252 e. The third-order valence-electron chi connectivity index (χ3n) is 3.74. The van der Waals surface area contributed by atoms with Crippen molar-refractivity contribution in [2.45, 2.75) is 50.5 Å². The van der Waals surface area contributed by atoms with Gasteiger partial charge in [0.05, 0.1) is 18.7 Å². The zero-order chi connectivity index (χ0) is 18.5. The Morgan fingerprint density at radius 3 is 2.46 bits per heavy atom. The van der Waals surface area contributed by atoms with Gasteiger partial charge in [-0.05, 0) is 18.1 Å². The summed E-state index contributed by atoms with van der Waals surface area (Å²) in [7, 11) is 0. The molecule has 1 saturated carbocycles. The van der Waals surface area contributed by atoms with Crippen molar-refractivity contribution in [1.29, 1.82) is 0 Å². The molecule has 0 aliphatic heterocycles. The number of aliphatic hydroxyl groups excluding tert-OH is 2. The van der Waals surface area contributed by atoms with Gasteiger partial charge < -0.3 is 37.0 Å². The van der Waals surface area contributed by atoms with Crippen molar-refractivity contribution in [2.24, 2.45) is 11.7 Å². The number of aliphatic hydroxyl groups is 3. The van der Waals surface area contributed by atoms with Crippen LogP contribution in [0, 0.1) is 5.92 Å². The van der Waals surface area contributed by atoms with Crippen molar-refractivity contribution >= 4 is 29.1 Å². The molecule has 4 atom stereocenters. The highest BCUT2D eigenvalue weighted by Crippen LogP contribution is 2.29. The fourth-order valence-corrected chi connectivity index (χ4v) is 2.71. The molecule has 1 rings (SSSR count). The van der Waals surface area contributed by atoms with Crippen LogP contribution in [0.1, 0.15) is 26.7 Å². The summed E-state index contributed by atoms with van der Waals surface area (Å²) in [5, 5.41) is 38.8. The van der Waals surface area contributed by atoms with Crippen molar-refractivity contribution in [3.05, 3.63) is 0 Å². The molecule has 0 saturated heterocycles. The number of rotatable bonds is 6. The van der Waals surface area contributed by atoms with Gasteiger partial charge in [-0.2, -0.15) is 0 Å². The van der Waals surface area contributed by atoms with E-state index in [9.17, 15) is 24.9 Å². The lowest BCUT2D eigenvalue weighted by Gasteiger charge is -2.41. The molecule has 1 aliphatic rings. The minimum atomic E-state index is -1.95. The highest BCUT2D eigenvalue weighted by molar-refractivity contribution is 7.80. The van der Waals surface area contributed by atoms with Crippen molar-refractivity contribution in [3.63, 3.8) is 0 Å². The Hall–Kier alpha value is -1.49. The maximum absolute atomic E-state index is 12.1. The van der Waals surface area contributed by atoms with E-state index in [2.05, 4.69) is 16.0 Å². The first kappa shape index (κ1) is 20.6. The fraction of sp³-hybridized carbons (Fsp3) is 0.786. The second-order valence-electron chi connectivity index (χ2n) is 6.50. The van der Waals surface area contributed by atoms with Crippen LogP contribution in [0.2, 0.25) is 0 Å². The summed E-state index contributed by atoms with van der Waals surface area (Å²) in [6.07, 6.45) is -3.07. The number of nitrogens with one attached hydrogen (secondary N) is 3. The normalized spacial score (nSPS) is 29.8. The molecule has 0 aromatic rings. The van der Waals surface area contributed by atoms with Crippen LogP contribution in [0.4, 0.5) is 0 Å². The first-order chi connectivity index (χ1) is 11.0. The standard InChI is InChI=1S/C14H26N4O5S/c1-7(2)5-17-13(24)18-8-3-14(23,4-9(19)11(8)21)12(22)16-6-10(15)20/h7-9,11,19,21,23H,3-6H2,1-2H3,(H2,15,20)(H,16,22)(H2,17,18,24)/t8-,9+,11+,14-/m0/s1. The molecule has 0 radical (unpaired) electrons. The quantitative estimate of drug-likeness (QED) is 0.252. The first-order valence-corrected chi connectivity index (χ1v) is 8.15. The molecule has 0 bridgehead atoms. The summed E-state index contributed by atoms with van der Waals surface area (Å²) in [4.78, 5) is 22.8. The van der Waals surface area contributed by atoms with Gasteiger partial charge in [-0.3, -0.25) is 9.59 Å². The highest BCUT2D eigenvalue weighted by atomic mass is 32.1. The summed E-state index contributed by atoms with van der Waals surface area (Å²) in [5.74, 6) is -1.24. The second kappa shape index (κ2) is 8.56. The van der Waals surface area contributed by atoms with E-state index >= 15 is 0 Å². The van der Waals surface area contributed by atoms with Gasteiger partial charge in [0.25, 0.3) is 5.91 Å². The summed E-state index contributed by atoms with van der Waals surface area (Å²) < 4.78 is 0. The van der Waals surface area contributed by atoms with Gasteiger partial charge in [-0.1, -0.05) is 13.8 Å². The Bertz CT molecular complexity index is 490. The van der Waals surface area contributed by atoms with Crippen LogP contribution < -0.4 is 21.7 Å². The molecule has 1 aliphatic carbocycles. The van der Waals surface area contributed by atoms with Gasteiger partial charge in [0.1, 0.15) is 11.7 Å². The minimum absolute atomic E-state index is 0.181. The highest BCUT2D eigenvalue weighted by Gasteiger charge is 2.48. The molecule has 0 aromatic carbocycles. The average Bonchev–Trinajstić information content (AvgIpc) is 2.47. The molecule has 0 spiro atoms. The lowest BCUT2D eigenvalue weighted by atomic mass is 9.77. The average molecular weight is 362 g/mol. The molecule has 0 heterocycles. The van der Waals surface area contributed by atoms with Gasteiger partial charge in [0.15, 0.2) is 5.11 Å². The number of thiocarbonyl (C=S) groups is 1. The molecule has 9 nitrogen and oxygen atoms in total. The molecule has 8 N–H and O–H groups in total. The SMILES string of the molecule is CC(C)CNC(=S)N[C@H]1C[C@@](O)(C(=O)NCC(N)=O)C[C@@H](O)[C@@H]1O. The summed E-state index contributed by atoms with van der Waals surface area (Å²) in [6, 6.07) is -0.828. The van der Waals surface area contributed by atoms with Crippen LogP contribution in [0.25, 0.3) is 0 Å². The van der Waals surface area contributed by atoms with Crippen LogP contribution in [0.15, 0.2) is 0 Å². The lowest BCUT2D eigenvalue weighted by molar-refractivity contribution is -0.157. The van der Waals surface area contributed by atoms with E-state index in [-0.39, 0.29) is 18.0 Å². The maximum atomic E-state index is 12.1. The molecule has 2 amide bonds.